The van der Waals surface area contributed by atoms with Gasteiger partial charge < -0.3 is 10.4 Å². The average molecular weight is 280 g/mol. The molecular weight excluding hydrogens is 266 g/mol. The zero-order valence-corrected chi connectivity index (χ0v) is 11.4. The zero-order chi connectivity index (χ0) is 14.0. The van der Waals surface area contributed by atoms with Gasteiger partial charge >= 0.3 is 5.97 Å². The lowest BCUT2D eigenvalue weighted by molar-refractivity contribution is 0.0695. The van der Waals surface area contributed by atoms with E-state index in [9.17, 15) is 4.79 Å². The molecule has 0 saturated heterocycles. The predicted molar refractivity (Wildman–Crippen MR) is 73.7 cm³/mol. The number of halogens is 1. The van der Waals surface area contributed by atoms with Crippen LogP contribution in [-0.2, 0) is 13.6 Å². The lowest BCUT2D eigenvalue weighted by atomic mass is 10.2. The SMILES string of the molecule is Cc1ccc(Cl)c(NCc2c(C(=O)O)cnn2C)c1. The van der Waals surface area contributed by atoms with Gasteiger partial charge in [0.1, 0.15) is 5.56 Å². The monoisotopic (exact) mass is 279 g/mol. The number of carboxylic acids is 1. The van der Waals surface area contributed by atoms with Gasteiger partial charge in [0, 0.05) is 7.05 Å². The first kappa shape index (κ1) is 13.4. The Bertz CT molecular complexity index is 622. The van der Waals surface area contributed by atoms with Crippen molar-refractivity contribution in [3.8, 4) is 0 Å². The maximum atomic E-state index is 11.1. The molecule has 0 bridgehead atoms. The fraction of sp³-hybridized carbons (Fsp3) is 0.231. The molecule has 0 amide bonds. The van der Waals surface area contributed by atoms with Gasteiger partial charge in [-0.15, -0.1) is 0 Å². The number of carbonyl (C=O) groups is 1. The number of aryl methyl sites for hydroxylation is 2. The Balaban J connectivity index is 2.21. The molecule has 1 heterocycles. The summed E-state index contributed by atoms with van der Waals surface area (Å²) in [5.74, 6) is -0.986. The lowest BCUT2D eigenvalue weighted by Gasteiger charge is -2.10. The van der Waals surface area contributed by atoms with Crippen molar-refractivity contribution < 1.29 is 9.90 Å². The Labute approximate surface area is 115 Å². The number of hydrogen-bond donors (Lipinski definition) is 2. The Morgan fingerprint density at radius 3 is 2.95 bits per heavy atom. The molecule has 0 radical (unpaired) electrons. The molecule has 0 spiro atoms. The van der Waals surface area contributed by atoms with Crippen molar-refractivity contribution in [2.45, 2.75) is 13.5 Å². The van der Waals surface area contributed by atoms with Crippen LogP contribution in [0.5, 0.6) is 0 Å². The summed E-state index contributed by atoms with van der Waals surface area (Å²) in [5, 5.41) is 16.8. The third-order valence-electron chi connectivity index (χ3n) is 2.86. The van der Waals surface area contributed by atoms with Gasteiger partial charge in [-0.3, -0.25) is 4.68 Å². The van der Waals surface area contributed by atoms with Crippen molar-refractivity contribution in [3.05, 3.63) is 46.2 Å². The minimum absolute atomic E-state index is 0.193. The van der Waals surface area contributed by atoms with Gasteiger partial charge in [0.15, 0.2) is 0 Å². The number of carboxylic acid groups (broad SMARTS) is 1. The van der Waals surface area contributed by atoms with Crippen molar-refractivity contribution in [1.29, 1.82) is 0 Å². The van der Waals surface area contributed by atoms with Crippen LogP contribution in [0.4, 0.5) is 5.69 Å². The summed E-state index contributed by atoms with van der Waals surface area (Å²) in [6, 6.07) is 5.64. The first-order valence-electron chi connectivity index (χ1n) is 5.73. The van der Waals surface area contributed by atoms with E-state index in [1.165, 1.54) is 6.20 Å². The van der Waals surface area contributed by atoms with Gasteiger partial charge in [-0.25, -0.2) is 4.79 Å². The third kappa shape index (κ3) is 2.88. The van der Waals surface area contributed by atoms with Crippen LogP contribution in [0.1, 0.15) is 21.6 Å². The zero-order valence-electron chi connectivity index (χ0n) is 10.6. The van der Waals surface area contributed by atoms with E-state index in [1.54, 1.807) is 17.8 Å². The van der Waals surface area contributed by atoms with E-state index in [0.29, 0.717) is 17.3 Å². The Morgan fingerprint density at radius 1 is 1.53 bits per heavy atom. The number of anilines is 1. The molecule has 0 unspecified atom stereocenters. The van der Waals surface area contributed by atoms with E-state index >= 15 is 0 Å². The molecule has 0 aliphatic carbocycles. The number of aromatic nitrogens is 2. The largest absolute Gasteiger partial charge is 0.478 e. The molecule has 0 fully saturated rings. The van der Waals surface area contributed by atoms with Gasteiger partial charge in [0.25, 0.3) is 0 Å². The van der Waals surface area contributed by atoms with Crippen molar-refractivity contribution in [3.63, 3.8) is 0 Å². The van der Waals surface area contributed by atoms with Crippen LogP contribution in [-0.4, -0.2) is 20.9 Å². The molecule has 100 valence electrons. The maximum absolute atomic E-state index is 11.1. The van der Waals surface area contributed by atoms with Crippen molar-refractivity contribution in [2.75, 3.05) is 5.32 Å². The second-order valence-corrected chi connectivity index (χ2v) is 4.68. The van der Waals surface area contributed by atoms with Crippen molar-refractivity contribution >= 4 is 23.3 Å². The lowest BCUT2D eigenvalue weighted by Crippen LogP contribution is -2.10. The minimum Gasteiger partial charge on any atom is -0.478 e. The molecule has 0 aliphatic heterocycles. The summed E-state index contributed by atoms with van der Waals surface area (Å²) >= 11 is 6.08. The molecule has 0 aliphatic rings. The van der Waals surface area contributed by atoms with E-state index in [0.717, 1.165) is 11.3 Å². The van der Waals surface area contributed by atoms with Crippen LogP contribution in [0.3, 0.4) is 0 Å². The summed E-state index contributed by atoms with van der Waals surface area (Å²) in [6.07, 6.45) is 1.34. The summed E-state index contributed by atoms with van der Waals surface area (Å²) in [5.41, 5.74) is 2.65. The first-order valence-corrected chi connectivity index (χ1v) is 6.11. The average Bonchev–Trinajstić information content (AvgIpc) is 2.72. The number of rotatable bonds is 4. The molecule has 0 atom stereocenters. The molecule has 2 rings (SSSR count). The third-order valence-corrected chi connectivity index (χ3v) is 3.19. The summed E-state index contributed by atoms with van der Waals surface area (Å²) in [7, 11) is 1.71. The predicted octanol–water partition coefficient (Wildman–Crippen LogP) is 2.69. The van der Waals surface area contributed by atoms with Gasteiger partial charge in [-0.05, 0) is 24.6 Å². The van der Waals surface area contributed by atoms with Gasteiger partial charge in [0.2, 0.25) is 0 Å². The highest BCUT2D eigenvalue weighted by atomic mass is 35.5. The van der Waals surface area contributed by atoms with Crippen LogP contribution in [0, 0.1) is 6.92 Å². The highest BCUT2D eigenvalue weighted by Crippen LogP contribution is 2.23. The maximum Gasteiger partial charge on any atom is 0.339 e. The fourth-order valence-electron chi connectivity index (χ4n) is 1.80. The number of hydrogen-bond acceptors (Lipinski definition) is 3. The highest BCUT2D eigenvalue weighted by Gasteiger charge is 2.14. The fourth-order valence-corrected chi connectivity index (χ4v) is 1.99. The molecule has 5 nitrogen and oxygen atoms in total. The quantitative estimate of drug-likeness (QED) is 0.903. The van der Waals surface area contributed by atoms with E-state index in [-0.39, 0.29) is 5.56 Å². The second kappa shape index (κ2) is 5.32. The highest BCUT2D eigenvalue weighted by molar-refractivity contribution is 6.33. The van der Waals surface area contributed by atoms with Crippen molar-refractivity contribution in [1.82, 2.24) is 9.78 Å². The van der Waals surface area contributed by atoms with Crippen molar-refractivity contribution in [2.24, 2.45) is 7.05 Å². The second-order valence-electron chi connectivity index (χ2n) is 4.27. The summed E-state index contributed by atoms with van der Waals surface area (Å²) in [4.78, 5) is 11.1. The van der Waals surface area contributed by atoms with E-state index in [4.69, 9.17) is 16.7 Å². The molecule has 2 N–H and O–H groups in total. The normalized spacial score (nSPS) is 10.5. The minimum atomic E-state index is -0.986. The molecule has 2 aromatic rings. The number of aromatic carboxylic acids is 1. The van der Waals surface area contributed by atoms with E-state index in [2.05, 4.69) is 10.4 Å². The van der Waals surface area contributed by atoms with Gasteiger partial charge in [0.05, 0.1) is 29.1 Å². The Kier molecular flexibility index (Phi) is 3.76. The number of benzene rings is 1. The molecular formula is C13H14ClN3O2. The van der Waals surface area contributed by atoms with Gasteiger partial charge in [-0.2, -0.15) is 5.10 Å². The van der Waals surface area contributed by atoms with E-state index in [1.807, 2.05) is 19.1 Å². The van der Waals surface area contributed by atoms with Crippen LogP contribution < -0.4 is 5.32 Å². The molecule has 1 aromatic carbocycles. The topological polar surface area (TPSA) is 67.2 Å². The number of nitrogens with one attached hydrogen (secondary N) is 1. The molecule has 6 heteroatoms. The van der Waals surface area contributed by atoms with Gasteiger partial charge in [-0.1, -0.05) is 17.7 Å². The number of nitrogens with zero attached hydrogens (tertiary/aromatic N) is 2. The molecule has 1 aromatic heterocycles. The van der Waals surface area contributed by atoms with Crippen LogP contribution in [0.2, 0.25) is 5.02 Å². The first-order chi connectivity index (χ1) is 8.99. The smallest absolute Gasteiger partial charge is 0.339 e. The standard InChI is InChI=1S/C13H14ClN3O2/c1-8-3-4-10(14)11(5-8)15-7-12-9(13(18)19)6-16-17(12)2/h3-6,15H,7H2,1-2H3,(H,18,19). The summed E-state index contributed by atoms with van der Waals surface area (Å²) < 4.78 is 1.54. The molecule has 0 saturated carbocycles. The summed E-state index contributed by atoms with van der Waals surface area (Å²) in [6.45, 7) is 2.32. The van der Waals surface area contributed by atoms with Crippen LogP contribution >= 0.6 is 11.6 Å². The van der Waals surface area contributed by atoms with E-state index < -0.39 is 5.97 Å². The Morgan fingerprint density at radius 2 is 2.26 bits per heavy atom. The van der Waals surface area contributed by atoms with Crippen LogP contribution in [0.15, 0.2) is 24.4 Å². The van der Waals surface area contributed by atoms with Crippen LogP contribution in [0.25, 0.3) is 0 Å². The molecule has 19 heavy (non-hydrogen) atoms. The Hall–Kier alpha value is -2.01.